The van der Waals surface area contributed by atoms with Gasteiger partial charge >= 0.3 is 0 Å². The van der Waals surface area contributed by atoms with E-state index >= 15 is 0 Å². The van der Waals surface area contributed by atoms with E-state index in [1.54, 1.807) is 0 Å². The SMILES string of the molecule is O=C1CCC(N2C(=O)c3ccc(N=C=S)cc3C2=O)C(=O)N1. The van der Waals surface area contributed by atoms with Crippen molar-refractivity contribution in [2.45, 2.75) is 18.9 Å². The lowest BCUT2D eigenvalue weighted by atomic mass is 10.0. The summed E-state index contributed by atoms with van der Waals surface area (Å²) >= 11 is 4.50. The summed E-state index contributed by atoms with van der Waals surface area (Å²) in [4.78, 5) is 52.5. The highest BCUT2D eigenvalue weighted by Crippen LogP contribution is 2.30. The Morgan fingerprint density at radius 2 is 1.91 bits per heavy atom. The number of aliphatic imine (C=N–C) groups is 1. The van der Waals surface area contributed by atoms with Gasteiger partial charge < -0.3 is 0 Å². The Balaban J connectivity index is 1.98. The van der Waals surface area contributed by atoms with Crippen LogP contribution in [0.15, 0.2) is 23.2 Å². The highest BCUT2D eigenvalue weighted by Gasteiger charge is 2.44. The standard InChI is InChI=1S/C14H9N3O4S/c18-11-4-3-10(12(19)16-11)17-13(20)8-2-1-7(15-6-22)5-9(8)14(17)21/h1-2,5,10H,3-4H2,(H,16,18,19). The van der Waals surface area contributed by atoms with Gasteiger partial charge in [-0.05, 0) is 36.8 Å². The molecule has 3 rings (SSSR count). The molecule has 1 aromatic rings. The van der Waals surface area contributed by atoms with Crippen molar-refractivity contribution in [1.29, 1.82) is 0 Å². The van der Waals surface area contributed by atoms with Crippen molar-refractivity contribution in [2.75, 3.05) is 0 Å². The molecule has 4 amide bonds. The van der Waals surface area contributed by atoms with Crippen LogP contribution in [0.4, 0.5) is 5.69 Å². The van der Waals surface area contributed by atoms with E-state index in [1.807, 2.05) is 0 Å². The smallest absolute Gasteiger partial charge is 0.262 e. The normalized spacial score (nSPS) is 20.5. The number of thiocarbonyl (C=S) groups is 1. The van der Waals surface area contributed by atoms with E-state index in [-0.39, 0.29) is 24.0 Å². The Kier molecular flexibility index (Phi) is 3.40. The molecule has 22 heavy (non-hydrogen) atoms. The minimum Gasteiger partial charge on any atom is -0.295 e. The summed E-state index contributed by atoms with van der Waals surface area (Å²) in [6.45, 7) is 0. The first kappa shape index (κ1) is 14.2. The van der Waals surface area contributed by atoms with E-state index in [0.29, 0.717) is 5.69 Å². The van der Waals surface area contributed by atoms with Crippen LogP contribution in [0.1, 0.15) is 33.6 Å². The number of isothiocyanates is 1. The van der Waals surface area contributed by atoms with Gasteiger partial charge in [0.15, 0.2) is 0 Å². The van der Waals surface area contributed by atoms with Crippen LogP contribution in [-0.4, -0.2) is 39.7 Å². The number of carbonyl (C=O) groups excluding carboxylic acids is 4. The summed E-state index contributed by atoms with van der Waals surface area (Å²) < 4.78 is 0. The Labute approximate surface area is 130 Å². The number of hydrogen-bond donors (Lipinski definition) is 1. The van der Waals surface area contributed by atoms with E-state index < -0.39 is 29.7 Å². The number of piperidine rings is 1. The fourth-order valence-corrected chi connectivity index (χ4v) is 2.69. The Morgan fingerprint density at radius 1 is 1.18 bits per heavy atom. The third kappa shape index (κ3) is 2.14. The molecule has 0 aliphatic carbocycles. The molecule has 0 saturated carbocycles. The van der Waals surface area contributed by atoms with Crippen LogP contribution in [0, 0.1) is 0 Å². The molecule has 1 atom stereocenters. The van der Waals surface area contributed by atoms with Crippen LogP contribution in [0.5, 0.6) is 0 Å². The average molecular weight is 315 g/mol. The van der Waals surface area contributed by atoms with Crippen LogP contribution in [0.3, 0.4) is 0 Å². The number of benzene rings is 1. The largest absolute Gasteiger partial charge is 0.295 e. The number of nitrogens with one attached hydrogen (secondary N) is 1. The summed E-state index contributed by atoms with van der Waals surface area (Å²) in [6.07, 6.45) is 0.214. The zero-order chi connectivity index (χ0) is 15.9. The van der Waals surface area contributed by atoms with E-state index in [2.05, 4.69) is 27.7 Å². The van der Waals surface area contributed by atoms with Gasteiger partial charge in [-0.3, -0.25) is 29.4 Å². The highest BCUT2D eigenvalue weighted by atomic mass is 32.1. The van der Waals surface area contributed by atoms with Crippen molar-refractivity contribution in [1.82, 2.24) is 10.2 Å². The lowest BCUT2D eigenvalue weighted by Gasteiger charge is -2.27. The van der Waals surface area contributed by atoms with Gasteiger partial charge in [0.1, 0.15) is 6.04 Å². The summed E-state index contributed by atoms with van der Waals surface area (Å²) in [5.74, 6) is -2.17. The van der Waals surface area contributed by atoms with Gasteiger partial charge in [-0.25, -0.2) is 0 Å². The van der Waals surface area contributed by atoms with Crippen LogP contribution < -0.4 is 5.32 Å². The van der Waals surface area contributed by atoms with Crippen molar-refractivity contribution >= 4 is 46.7 Å². The fourth-order valence-electron chi connectivity index (χ4n) is 2.58. The number of hydrogen-bond acceptors (Lipinski definition) is 6. The van der Waals surface area contributed by atoms with Gasteiger partial charge in [-0.2, -0.15) is 4.99 Å². The number of carbonyl (C=O) groups is 4. The number of nitrogens with zero attached hydrogens (tertiary/aromatic N) is 2. The molecule has 0 radical (unpaired) electrons. The fraction of sp³-hybridized carbons (Fsp3) is 0.214. The molecule has 7 nitrogen and oxygen atoms in total. The van der Waals surface area contributed by atoms with Gasteiger partial charge in [0, 0.05) is 6.42 Å². The number of fused-ring (bicyclic) bond motifs is 1. The van der Waals surface area contributed by atoms with E-state index in [0.717, 1.165) is 4.90 Å². The predicted octanol–water partition coefficient (Wildman–Crippen LogP) is 0.822. The average Bonchev–Trinajstić information content (AvgIpc) is 2.72. The van der Waals surface area contributed by atoms with Crippen molar-refractivity contribution < 1.29 is 19.2 Å². The first-order valence-electron chi connectivity index (χ1n) is 6.46. The Hall–Kier alpha value is -2.70. The van der Waals surface area contributed by atoms with Crippen molar-refractivity contribution in [2.24, 2.45) is 4.99 Å². The summed E-state index contributed by atoms with van der Waals surface area (Å²) in [5.41, 5.74) is 0.777. The maximum Gasteiger partial charge on any atom is 0.262 e. The molecule has 0 spiro atoms. The molecule has 2 aliphatic rings. The maximum atomic E-state index is 12.4. The predicted molar refractivity (Wildman–Crippen MR) is 77.8 cm³/mol. The first-order chi connectivity index (χ1) is 10.5. The zero-order valence-electron chi connectivity index (χ0n) is 11.2. The minimum absolute atomic E-state index is 0.0876. The van der Waals surface area contributed by atoms with Crippen LogP contribution in [0.2, 0.25) is 0 Å². The summed E-state index contributed by atoms with van der Waals surface area (Å²) in [7, 11) is 0. The monoisotopic (exact) mass is 315 g/mol. The topological polar surface area (TPSA) is 95.9 Å². The molecule has 2 heterocycles. The number of amides is 4. The number of imide groups is 2. The van der Waals surface area contributed by atoms with Crippen LogP contribution in [-0.2, 0) is 9.59 Å². The third-order valence-electron chi connectivity index (χ3n) is 3.60. The van der Waals surface area contributed by atoms with Crippen LogP contribution >= 0.6 is 12.2 Å². The molecule has 8 heteroatoms. The molecule has 2 aliphatic heterocycles. The van der Waals surface area contributed by atoms with E-state index in [1.165, 1.54) is 18.2 Å². The third-order valence-corrected chi connectivity index (χ3v) is 3.69. The second kappa shape index (κ2) is 5.25. The van der Waals surface area contributed by atoms with E-state index in [4.69, 9.17) is 0 Å². The summed E-state index contributed by atoms with van der Waals surface area (Å²) in [5, 5.41) is 4.32. The number of rotatable bonds is 2. The molecule has 1 saturated heterocycles. The molecular weight excluding hydrogens is 306 g/mol. The van der Waals surface area contributed by atoms with Crippen molar-refractivity contribution in [3.8, 4) is 0 Å². The van der Waals surface area contributed by atoms with Gasteiger partial charge in [0.25, 0.3) is 11.8 Å². The lowest BCUT2D eigenvalue weighted by molar-refractivity contribution is -0.136. The Bertz CT molecular complexity index is 782. The molecule has 0 aromatic heterocycles. The first-order valence-corrected chi connectivity index (χ1v) is 6.87. The maximum absolute atomic E-state index is 12.4. The molecular formula is C14H9N3O4S. The summed E-state index contributed by atoms with van der Waals surface area (Å²) in [6, 6.07) is 3.47. The quantitative estimate of drug-likeness (QED) is 0.495. The molecule has 0 bridgehead atoms. The second-order valence-electron chi connectivity index (χ2n) is 4.88. The second-order valence-corrected chi connectivity index (χ2v) is 5.06. The lowest BCUT2D eigenvalue weighted by Crippen LogP contribution is -2.54. The van der Waals surface area contributed by atoms with Gasteiger partial charge in [-0.15, -0.1) is 0 Å². The molecule has 1 unspecified atom stereocenters. The van der Waals surface area contributed by atoms with Crippen molar-refractivity contribution in [3.63, 3.8) is 0 Å². The minimum atomic E-state index is -0.970. The molecule has 1 N–H and O–H groups in total. The molecule has 1 aromatic carbocycles. The van der Waals surface area contributed by atoms with Gasteiger partial charge in [0.2, 0.25) is 11.8 Å². The van der Waals surface area contributed by atoms with Gasteiger partial charge in [0.05, 0.1) is 22.0 Å². The molecule has 1 fully saturated rings. The van der Waals surface area contributed by atoms with Gasteiger partial charge in [-0.1, -0.05) is 0 Å². The van der Waals surface area contributed by atoms with Crippen LogP contribution in [0.25, 0.3) is 0 Å². The molecule has 110 valence electrons. The van der Waals surface area contributed by atoms with Crippen molar-refractivity contribution in [3.05, 3.63) is 29.3 Å². The highest BCUT2D eigenvalue weighted by molar-refractivity contribution is 7.78. The zero-order valence-corrected chi connectivity index (χ0v) is 12.0. The Morgan fingerprint density at radius 3 is 2.59 bits per heavy atom. The van der Waals surface area contributed by atoms with E-state index in [9.17, 15) is 19.2 Å².